The predicted molar refractivity (Wildman–Crippen MR) is 111 cm³/mol. The zero-order chi connectivity index (χ0) is 21.0. The van der Waals surface area contributed by atoms with Crippen LogP contribution in [0.15, 0.2) is 39.0 Å². The van der Waals surface area contributed by atoms with Crippen molar-refractivity contribution in [2.75, 3.05) is 31.4 Å². The van der Waals surface area contributed by atoms with Crippen LogP contribution in [0, 0.1) is 17.0 Å². The molecule has 2 aromatic carbocycles. The van der Waals surface area contributed by atoms with E-state index in [4.69, 9.17) is 4.74 Å². The van der Waals surface area contributed by atoms with Gasteiger partial charge in [-0.3, -0.25) is 14.9 Å². The number of nitrogens with one attached hydrogen (secondary N) is 1. The summed E-state index contributed by atoms with van der Waals surface area (Å²) in [5.41, 5.74) is 2.07. The number of amides is 1. The number of nitro benzene ring substituents is 1. The molecule has 0 aromatic heterocycles. The zero-order valence-corrected chi connectivity index (χ0v) is 17.7. The number of carbonyl (C=O) groups excluding carboxylic acids is 1. The second-order valence-corrected chi connectivity index (χ2v) is 7.04. The summed E-state index contributed by atoms with van der Waals surface area (Å²) in [6.45, 7) is 3.13. The van der Waals surface area contributed by atoms with E-state index in [-0.39, 0.29) is 17.3 Å². The van der Waals surface area contributed by atoms with Crippen LogP contribution in [0.5, 0.6) is 5.75 Å². The molecule has 0 spiro atoms. The first kappa shape index (κ1) is 21.3. The average molecular weight is 450 g/mol. The standard InChI is InChI=1S/C18H20BrN5O4/c1-10-6-12(19)18(16(7-10)24(26)27)22-21-14-9-17(28-5)15(23(3)4)8-13(14)20-11(2)25/h6-9H,1-5H3,(H,20,25). The van der Waals surface area contributed by atoms with Gasteiger partial charge in [0.15, 0.2) is 5.69 Å². The lowest BCUT2D eigenvalue weighted by molar-refractivity contribution is -0.384. The Morgan fingerprint density at radius 1 is 1.25 bits per heavy atom. The lowest BCUT2D eigenvalue weighted by atomic mass is 10.2. The van der Waals surface area contributed by atoms with Crippen LogP contribution in [-0.4, -0.2) is 32.0 Å². The molecule has 0 bridgehead atoms. The second kappa shape index (κ2) is 8.79. The molecule has 0 saturated heterocycles. The average Bonchev–Trinajstić information content (AvgIpc) is 2.60. The molecule has 0 atom stereocenters. The van der Waals surface area contributed by atoms with Crippen molar-refractivity contribution in [2.24, 2.45) is 10.2 Å². The fraction of sp³-hybridized carbons (Fsp3) is 0.278. The number of carbonyl (C=O) groups is 1. The van der Waals surface area contributed by atoms with Gasteiger partial charge in [-0.05, 0) is 40.5 Å². The minimum atomic E-state index is -0.517. The Kier molecular flexibility index (Phi) is 6.68. The molecule has 0 fully saturated rings. The SMILES string of the molecule is COc1cc(N=Nc2c(Br)cc(C)cc2[N+](=O)[O-])c(NC(C)=O)cc1N(C)C. The van der Waals surface area contributed by atoms with E-state index >= 15 is 0 Å². The van der Waals surface area contributed by atoms with E-state index in [9.17, 15) is 14.9 Å². The minimum absolute atomic E-state index is 0.0834. The minimum Gasteiger partial charge on any atom is -0.494 e. The van der Waals surface area contributed by atoms with Gasteiger partial charge in [0.05, 0.1) is 27.9 Å². The van der Waals surface area contributed by atoms with E-state index in [1.54, 1.807) is 25.1 Å². The molecular weight excluding hydrogens is 430 g/mol. The van der Waals surface area contributed by atoms with Gasteiger partial charge >= 0.3 is 0 Å². The summed E-state index contributed by atoms with van der Waals surface area (Å²) in [5, 5.41) is 22.3. The Bertz CT molecular complexity index is 959. The summed E-state index contributed by atoms with van der Waals surface area (Å²) in [5.74, 6) is 0.236. The fourth-order valence-corrected chi connectivity index (χ4v) is 3.14. The molecule has 9 nitrogen and oxygen atoms in total. The fourth-order valence-electron chi connectivity index (χ4n) is 2.50. The highest BCUT2D eigenvalue weighted by Gasteiger charge is 2.19. The third-order valence-corrected chi connectivity index (χ3v) is 4.34. The van der Waals surface area contributed by atoms with Gasteiger partial charge in [-0.1, -0.05) is 0 Å². The van der Waals surface area contributed by atoms with Gasteiger partial charge in [-0.2, -0.15) is 0 Å². The molecule has 0 aliphatic carbocycles. The molecule has 0 saturated carbocycles. The van der Waals surface area contributed by atoms with E-state index in [1.807, 2.05) is 19.0 Å². The second-order valence-electron chi connectivity index (χ2n) is 6.19. The molecule has 0 unspecified atom stereocenters. The lowest BCUT2D eigenvalue weighted by Gasteiger charge is -2.19. The molecule has 0 radical (unpaired) electrons. The number of methoxy groups -OCH3 is 1. The number of hydrogen-bond acceptors (Lipinski definition) is 7. The molecule has 0 heterocycles. The van der Waals surface area contributed by atoms with Crippen LogP contribution in [0.3, 0.4) is 0 Å². The molecule has 2 rings (SSSR count). The van der Waals surface area contributed by atoms with Crippen LogP contribution in [0.4, 0.5) is 28.4 Å². The van der Waals surface area contributed by atoms with Crippen LogP contribution in [0.1, 0.15) is 12.5 Å². The zero-order valence-electron chi connectivity index (χ0n) is 16.1. The van der Waals surface area contributed by atoms with Gasteiger partial charge in [0.1, 0.15) is 11.4 Å². The maximum absolute atomic E-state index is 11.6. The van der Waals surface area contributed by atoms with Gasteiger partial charge in [-0.25, -0.2) is 0 Å². The summed E-state index contributed by atoms with van der Waals surface area (Å²) >= 11 is 3.30. The van der Waals surface area contributed by atoms with Gasteiger partial charge < -0.3 is 15.0 Å². The number of rotatable bonds is 6. The predicted octanol–water partition coefficient (Wildman–Crippen LogP) is 5.11. The van der Waals surface area contributed by atoms with Crippen LogP contribution in [0.25, 0.3) is 0 Å². The molecular formula is C18H20BrN5O4. The molecule has 2 aromatic rings. The molecule has 148 valence electrons. The van der Waals surface area contributed by atoms with Crippen molar-refractivity contribution in [3.05, 3.63) is 44.4 Å². The summed E-state index contributed by atoms with van der Waals surface area (Å²) in [4.78, 5) is 24.3. The van der Waals surface area contributed by atoms with E-state index in [2.05, 4.69) is 31.5 Å². The van der Waals surface area contributed by atoms with Crippen LogP contribution >= 0.6 is 15.9 Å². The van der Waals surface area contributed by atoms with E-state index in [0.717, 1.165) is 5.69 Å². The van der Waals surface area contributed by atoms with Crippen LogP contribution < -0.4 is 15.0 Å². The number of aryl methyl sites for hydroxylation is 1. The largest absolute Gasteiger partial charge is 0.494 e. The maximum Gasteiger partial charge on any atom is 0.298 e. The number of azo groups is 1. The highest BCUT2D eigenvalue weighted by molar-refractivity contribution is 9.10. The van der Waals surface area contributed by atoms with Crippen molar-refractivity contribution < 1.29 is 14.5 Å². The molecule has 28 heavy (non-hydrogen) atoms. The topological polar surface area (TPSA) is 109 Å². The van der Waals surface area contributed by atoms with E-state index in [1.165, 1.54) is 20.1 Å². The van der Waals surface area contributed by atoms with Gasteiger partial charge in [-0.15, -0.1) is 10.2 Å². The number of halogens is 1. The van der Waals surface area contributed by atoms with Crippen molar-refractivity contribution >= 4 is 50.3 Å². The first-order valence-electron chi connectivity index (χ1n) is 8.17. The Balaban J connectivity index is 2.62. The molecule has 10 heteroatoms. The lowest BCUT2D eigenvalue weighted by Crippen LogP contribution is -2.12. The van der Waals surface area contributed by atoms with E-state index < -0.39 is 4.92 Å². The monoisotopic (exact) mass is 449 g/mol. The number of ether oxygens (including phenoxy) is 1. The molecule has 0 aliphatic heterocycles. The summed E-state index contributed by atoms with van der Waals surface area (Å²) in [6.07, 6.45) is 0. The number of hydrogen-bond donors (Lipinski definition) is 1. The Labute approximate surface area is 170 Å². The third-order valence-electron chi connectivity index (χ3n) is 3.73. The molecule has 1 N–H and O–H groups in total. The van der Waals surface area contributed by atoms with E-state index in [0.29, 0.717) is 27.2 Å². The summed E-state index contributed by atoms with van der Waals surface area (Å²) in [6, 6.07) is 6.45. The first-order chi connectivity index (χ1) is 13.1. The van der Waals surface area contributed by atoms with Crippen LogP contribution in [-0.2, 0) is 4.79 Å². The molecule has 0 aliphatic rings. The smallest absolute Gasteiger partial charge is 0.298 e. The Morgan fingerprint density at radius 3 is 2.46 bits per heavy atom. The van der Waals surface area contributed by atoms with Crippen molar-refractivity contribution in [2.45, 2.75) is 13.8 Å². The highest BCUT2D eigenvalue weighted by atomic mass is 79.9. The van der Waals surface area contributed by atoms with Gasteiger partial charge in [0, 0.05) is 33.2 Å². The first-order valence-corrected chi connectivity index (χ1v) is 8.96. The quantitative estimate of drug-likeness (QED) is 0.374. The Morgan fingerprint density at radius 2 is 1.93 bits per heavy atom. The summed E-state index contributed by atoms with van der Waals surface area (Å²) in [7, 11) is 5.19. The highest BCUT2D eigenvalue weighted by Crippen LogP contribution is 2.41. The molecule has 1 amide bonds. The van der Waals surface area contributed by atoms with Crippen molar-refractivity contribution in [3.8, 4) is 5.75 Å². The van der Waals surface area contributed by atoms with Crippen molar-refractivity contribution in [3.63, 3.8) is 0 Å². The van der Waals surface area contributed by atoms with Crippen molar-refractivity contribution in [1.82, 2.24) is 0 Å². The Hall–Kier alpha value is -3.01. The van der Waals surface area contributed by atoms with Gasteiger partial charge in [0.25, 0.3) is 5.69 Å². The number of anilines is 2. The van der Waals surface area contributed by atoms with Crippen LogP contribution in [0.2, 0.25) is 0 Å². The maximum atomic E-state index is 11.6. The normalized spacial score (nSPS) is 10.8. The number of benzene rings is 2. The third kappa shape index (κ3) is 4.83. The van der Waals surface area contributed by atoms with Crippen molar-refractivity contribution in [1.29, 1.82) is 0 Å². The van der Waals surface area contributed by atoms with Gasteiger partial charge in [0.2, 0.25) is 5.91 Å². The number of nitro groups is 1. The number of nitrogens with zero attached hydrogens (tertiary/aromatic N) is 4. The summed E-state index contributed by atoms with van der Waals surface area (Å²) < 4.78 is 5.83.